The maximum Gasteiger partial charge on any atom is 0.229 e. The Morgan fingerprint density at radius 2 is 1.59 bits per heavy atom. The number of aliphatic hydroxyl groups is 6. The quantitative estimate of drug-likeness (QED) is 0.202. The van der Waals surface area contributed by atoms with Crippen LogP contribution >= 0.6 is 0 Å². The molecular weight excluding hydrogens is 548 g/mol. The van der Waals surface area contributed by atoms with Gasteiger partial charge in [0.05, 0.1) is 19.1 Å². The molecule has 41 heavy (non-hydrogen) atoms. The molecule has 0 saturated carbocycles. The molecule has 224 valence electrons. The average Bonchev–Trinajstić information content (AvgIpc) is 2.94. The van der Waals surface area contributed by atoms with E-state index in [0.29, 0.717) is 5.56 Å². The lowest BCUT2D eigenvalue weighted by atomic mass is 9.95. The minimum atomic E-state index is -1.75. The smallest absolute Gasteiger partial charge is 0.229 e. The summed E-state index contributed by atoms with van der Waals surface area (Å²) in [6.07, 6.45) is -16.0. The Hall–Kier alpha value is -3.05. The first-order valence-electron chi connectivity index (χ1n) is 13.0. The zero-order chi connectivity index (χ0) is 29.6. The van der Waals surface area contributed by atoms with E-state index < -0.39 is 85.7 Å². The summed E-state index contributed by atoms with van der Waals surface area (Å²) in [6, 6.07) is 8.50. The molecule has 0 bridgehead atoms. The Balaban J connectivity index is 1.41. The Morgan fingerprint density at radius 3 is 2.27 bits per heavy atom. The predicted octanol–water partition coefficient (Wildman–Crippen LogP) is -1.17. The molecular formula is C27H32O14. The van der Waals surface area contributed by atoms with Gasteiger partial charge in [-0.05, 0) is 24.6 Å². The molecule has 5 rings (SSSR count). The summed E-state index contributed by atoms with van der Waals surface area (Å²) in [4.78, 5) is 12.9. The minimum absolute atomic E-state index is 0.0149. The van der Waals surface area contributed by atoms with E-state index in [9.17, 15) is 45.6 Å². The van der Waals surface area contributed by atoms with Crippen molar-refractivity contribution < 1.29 is 69.3 Å². The van der Waals surface area contributed by atoms with Crippen LogP contribution in [0.4, 0.5) is 0 Å². The normalized spacial score (nSPS) is 37.2. The minimum Gasteiger partial charge on any atom is -0.508 e. The Morgan fingerprint density at radius 1 is 0.878 bits per heavy atom. The van der Waals surface area contributed by atoms with Crippen molar-refractivity contribution in [2.24, 2.45) is 0 Å². The monoisotopic (exact) mass is 580 g/mol. The van der Waals surface area contributed by atoms with Crippen molar-refractivity contribution in [2.45, 2.75) is 80.9 Å². The van der Waals surface area contributed by atoms with Crippen LogP contribution in [0.5, 0.6) is 23.0 Å². The third-order valence-corrected chi connectivity index (χ3v) is 7.42. The van der Waals surface area contributed by atoms with Gasteiger partial charge in [-0.1, -0.05) is 12.1 Å². The molecule has 0 aliphatic carbocycles. The number of phenols is 2. The molecule has 3 aliphatic heterocycles. The van der Waals surface area contributed by atoms with Gasteiger partial charge in [-0.25, -0.2) is 0 Å². The molecule has 11 atom stereocenters. The summed E-state index contributed by atoms with van der Waals surface area (Å²) >= 11 is 0. The van der Waals surface area contributed by atoms with Gasteiger partial charge in [0.1, 0.15) is 71.3 Å². The first-order valence-corrected chi connectivity index (χ1v) is 13.0. The fourth-order valence-electron chi connectivity index (χ4n) is 5.07. The average molecular weight is 581 g/mol. The van der Waals surface area contributed by atoms with Crippen molar-refractivity contribution in [3.05, 3.63) is 47.5 Å². The number of benzene rings is 2. The number of ether oxygens (including phenoxy) is 5. The van der Waals surface area contributed by atoms with Crippen LogP contribution in [0.3, 0.4) is 0 Å². The van der Waals surface area contributed by atoms with E-state index in [0.717, 1.165) is 6.07 Å². The maximum atomic E-state index is 12.9. The molecule has 2 saturated heterocycles. The van der Waals surface area contributed by atoms with Crippen LogP contribution in [-0.2, 0) is 14.2 Å². The summed E-state index contributed by atoms with van der Waals surface area (Å²) in [6.45, 7) is 0.716. The number of hydrogen-bond donors (Lipinski definition) is 8. The number of carbonyl (C=O) groups is 1. The summed E-state index contributed by atoms with van der Waals surface area (Å²) in [5, 5.41) is 81.6. The van der Waals surface area contributed by atoms with Gasteiger partial charge < -0.3 is 64.5 Å². The molecule has 0 radical (unpaired) electrons. The molecule has 2 fully saturated rings. The van der Waals surface area contributed by atoms with Crippen LogP contribution < -0.4 is 9.47 Å². The topological polar surface area (TPSA) is 225 Å². The van der Waals surface area contributed by atoms with Gasteiger partial charge in [-0.2, -0.15) is 0 Å². The lowest BCUT2D eigenvalue weighted by Gasteiger charge is -2.45. The first-order chi connectivity index (χ1) is 19.5. The number of carbonyl (C=O) groups excluding carboxylic acids is 1. The first kappa shape index (κ1) is 29.4. The number of ketones is 1. The highest BCUT2D eigenvalue weighted by atomic mass is 16.8. The number of hydrogen-bond acceptors (Lipinski definition) is 14. The molecule has 0 unspecified atom stereocenters. The van der Waals surface area contributed by atoms with Crippen LogP contribution in [0, 0.1) is 0 Å². The van der Waals surface area contributed by atoms with E-state index in [1.165, 1.54) is 25.1 Å². The van der Waals surface area contributed by atoms with Crippen molar-refractivity contribution in [2.75, 3.05) is 6.61 Å². The summed E-state index contributed by atoms with van der Waals surface area (Å²) in [5.41, 5.74) is 0.529. The molecule has 14 nitrogen and oxygen atoms in total. The predicted molar refractivity (Wildman–Crippen MR) is 134 cm³/mol. The molecule has 0 aromatic heterocycles. The molecule has 2 aromatic rings. The zero-order valence-electron chi connectivity index (χ0n) is 21.8. The third-order valence-electron chi connectivity index (χ3n) is 7.42. The Bertz CT molecular complexity index is 1240. The number of fused-ring (bicyclic) bond motifs is 1. The van der Waals surface area contributed by atoms with E-state index in [2.05, 4.69) is 0 Å². The lowest BCUT2D eigenvalue weighted by Crippen LogP contribution is -2.64. The lowest BCUT2D eigenvalue weighted by molar-refractivity contribution is -0.354. The largest absolute Gasteiger partial charge is 0.508 e. The van der Waals surface area contributed by atoms with Gasteiger partial charge in [-0.3, -0.25) is 4.79 Å². The van der Waals surface area contributed by atoms with E-state index in [1.54, 1.807) is 12.1 Å². The number of phenolic OH excluding ortho intramolecular Hbond substituents is 2. The van der Waals surface area contributed by atoms with E-state index in [-0.39, 0.29) is 29.2 Å². The summed E-state index contributed by atoms with van der Waals surface area (Å²) < 4.78 is 28.6. The van der Waals surface area contributed by atoms with Crippen LogP contribution in [0.2, 0.25) is 0 Å². The molecule has 2 aromatic carbocycles. The van der Waals surface area contributed by atoms with Crippen molar-refractivity contribution in [3.8, 4) is 23.0 Å². The second-order valence-electron chi connectivity index (χ2n) is 10.2. The summed E-state index contributed by atoms with van der Waals surface area (Å²) in [5.74, 6) is -0.947. The van der Waals surface area contributed by atoms with E-state index in [1.807, 2.05) is 0 Å². The van der Waals surface area contributed by atoms with Crippen LogP contribution in [0.25, 0.3) is 0 Å². The fourth-order valence-corrected chi connectivity index (χ4v) is 5.07. The van der Waals surface area contributed by atoms with Gasteiger partial charge in [0.2, 0.25) is 6.29 Å². The van der Waals surface area contributed by atoms with Crippen molar-refractivity contribution >= 4 is 5.78 Å². The van der Waals surface area contributed by atoms with Gasteiger partial charge in [0.25, 0.3) is 0 Å². The highest BCUT2D eigenvalue weighted by molar-refractivity contribution is 6.02. The highest BCUT2D eigenvalue weighted by Gasteiger charge is 2.51. The maximum absolute atomic E-state index is 12.9. The van der Waals surface area contributed by atoms with Crippen molar-refractivity contribution in [1.82, 2.24) is 0 Å². The number of aliphatic hydroxyl groups excluding tert-OH is 6. The van der Waals surface area contributed by atoms with Gasteiger partial charge in [-0.15, -0.1) is 0 Å². The second-order valence-corrected chi connectivity index (χ2v) is 10.2. The molecule has 3 aliphatic rings. The van der Waals surface area contributed by atoms with Crippen LogP contribution in [0.1, 0.15) is 35.4 Å². The zero-order valence-corrected chi connectivity index (χ0v) is 21.8. The van der Waals surface area contributed by atoms with Gasteiger partial charge in [0.15, 0.2) is 18.2 Å². The van der Waals surface area contributed by atoms with Gasteiger partial charge >= 0.3 is 0 Å². The SMILES string of the molecule is C[C@@H]1O[C@H](O[C@H]2[C@H](Oc3cc(O)c4c(c3)O[C@H](c3ccc(O)cc3)CC4=O)O[C@@H](CO)[C@@H](O)[C@@H]2O)[C@H](O)[C@H](O)[C@H]1O. The molecule has 0 amide bonds. The third kappa shape index (κ3) is 5.70. The Kier molecular flexibility index (Phi) is 8.39. The van der Waals surface area contributed by atoms with Crippen LogP contribution in [0.15, 0.2) is 36.4 Å². The van der Waals surface area contributed by atoms with Crippen LogP contribution in [-0.4, -0.2) is 115 Å². The molecule has 3 heterocycles. The van der Waals surface area contributed by atoms with E-state index >= 15 is 0 Å². The van der Waals surface area contributed by atoms with E-state index in [4.69, 9.17) is 23.7 Å². The second kappa shape index (κ2) is 11.7. The number of aromatic hydroxyl groups is 2. The summed E-state index contributed by atoms with van der Waals surface area (Å²) in [7, 11) is 0. The highest BCUT2D eigenvalue weighted by Crippen LogP contribution is 2.43. The fraction of sp³-hybridized carbons (Fsp3) is 0.519. The Labute approximate surface area is 233 Å². The number of rotatable bonds is 6. The van der Waals surface area contributed by atoms with Crippen molar-refractivity contribution in [1.29, 1.82) is 0 Å². The number of Topliss-reactive ketones (excluding diaryl/α,β-unsaturated/α-hetero) is 1. The molecule has 0 spiro atoms. The molecule has 14 heteroatoms. The van der Waals surface area contributed by atoms with Crippen molar-refractivity contribution in [3.63, 3.8) is 0 Å². The molecule has 8 N–H and O–H groups in total. The standard InChI is InChI=1S/C27H32O14/c1-10-20(32)22(34)24(36)26(37-10)41-25-23(35)21(33)18(9-28)40-27(25)38-13-6-14(30)19-15(31)8-16(39-17(19)7-13)11-2-4-12(29)5-3-11/h2-7,10,16,18,20-30,32-36H,8-9H2,1H3/t10-,16-,18-,20-,21+,22+,23-,24+,25+,26+,27+/m0/s1. The van der Waals surface area contributed by atoms with Gasteiger partial charge in [0, 0.05) is 12.1 Å².